The number of benzene rings is 1. The van der Waals surface area contributed by atoms with Crippen LogP contribution in [-0.4, -0.2) is 19.1 Å². The maximum Gasteiger partial charge on any atom is 0.416 e. The van der Waals surface area contributed by atoms with Gasteiger partial charge in [0.05, 0.1) is 12.7 Å². The summed E-state index contributed by atoms with van der Waals surface area (Å²) in [6.45, 7) is -0.143. The minimum Gasteiger partial charge on any atom is -0.497 e. The summed E-state index contributed by atoms with van der Waals surface area (Å²) in [6, 6.07) is 3.95. The molecule has 0 spiro atoms. The molecule has 0 saturated heterocycles. The lowest BCUT2D eigenvalue weighted by atomic mass is 9.65. The van der Waals surface area contributed by atoms with E-state index in [0.717, 1.165) is 38.2 Å². The van der Waals surface area contributed by atoms with E-state index >= 15 is 0 Å². The Bertz CT molecular complexity index is 649. The quantitative estimate of drug-likeness (QED) is 0.853. The Kier molecular flexibility index (Phi) is 5.46. The van der Waals surface area contributed by atoms with Gasteiger partial charge in [0.15, 0.2) is 0 Å². The number of alkyl halides is 3. The molecule has 2 fully saturated rings. The van der Waals surface area contributed by atoms with Gasteiger partial charge in [0, 0.05) is 18.5 Å². The standard InChI is InChI=1S/C19H25F3N2O2/c1-26-15-6-5-13(16(9-15)19(20,21)22)10-24-18(25)14-7-11-3-2-4-12(8-14)17(11)23/h5-6,9,11-12,14,17H,2-4,7-8,10,23H2,1H3,(H,24,25). The zero-order valence-corrected chi connectivity index (χ0v) is 14.8. The van der Waals surface area contributed by atoms with Crippen molar-refractivity contribution in [2.45, 2.75) is 50.9 Å². The molecule has 7 heteroatoms. The summed E-state index contributed by atoms with van der Waals surface area (Å²) >= 11 is 0. The van der Waals surface area contributed by atoms with Crippen LogP contribution >= 0.6 is 0 Å². The summed E-state index contributed by atoms with van der Waals surface area (Å²) in [5.41, 5.74) is 5.50. The highest BCUT2D eigenvalue weighted by Gasteiger charge is 2.40. The number of methoxy groups -OCH3 is 1. The average Bonchev–Trinajstić information content (AvgIpc) is 2.58. The molecule has 1 amide bonds. The van der Waals surface area contributed by atoms with Gasteiger partial charge in [0.2, 0.25) is 5.91 Å². The van der Waals surface area contributed by atoms with Crippen molar-refractivity contribution in [3.05, 3.63) is 29.3 Å². The minimum atomic E-state index is -4.50. The summed E-state index contributed by atoms with van der Waals surface area (Å²) in [6.07, 6.45) is 0.203. The second kappa shape index (κ2) is 7.47. The van der Waals surface area contributed by atoms with Gasteiger partial charge in [-0.05, 0) is 55.2 Å². The van der Waals surface area contributed by atoms with Gasteiger partial charge in [0.25, 0.3) is 0 Å². The van der Waals surface area contributed by atoms with E-state index in [-0.39, 0.29) is 35.7 Å². The number of carbonyl (C=O) groups is 1. The number of hydrogen-bond donors (Lipinski definition) is 2. The smallest absolute Gasteiger partial charge is 0.416 e. The van der Waals surface area contributed by atoms with Gasteiger partial charge in [-0.1, -0.05) is 12.5 Å². The van der Waals surface area contributed by atoms with Crippen molar-refractivity contribution in [2.24, 2.45) is 23.5 Å². The number of fused-ring (bicyclic) bond motifs is 2. The van der Waals surface area contributed by atoms with Crippen LogP contribution in [0.5, 0.6) is 5.75 Å². The van der Waals surface area contributed by atoms with Crippen LogP contribution in [-0.2, 0) is 17.5 Å². The molecule has 3 rings (SSSR count). The predicted octanol–water partition coefficient (Wildman–Crippen LogP) is 3.48. The molecular weight excluding hydrogens is 345 g/mol. The maximum atomic E-state index is 13.3. The van der Waals surface area contributed by atoms with Gasteiger partial charge in [-0.15, -0.1) is 0 Å². The van der Waals surface area contributed by atoms with Crippen LogP contribution in [0.2, 0.25) is 0 Å². The lowest BCUT2D eigenvalue weighted by Crippen LogP contribution is -2.49. The molecule has 2 aliphatic carbocycles. The van der Waals surface area contributed by atoms with Crippen LogP contribution in [0.1, 0.15) is 43.2 Å². The maximum absolute atomic E-state index is 13.3. The molecule has 0 aliphatic heterocycles. The first-order chi connectivity index (χ1) is 12.3. The second-order valence-electron chi connectivity index (χ2n) is 7.44. The Morgan fingerprint density at radius 3 is 2.50 bits per heavy atom. The van der Waals surface area contributed by atoms with Crippen molar-refractivity contribution in [2.75, 3.05) is 7.11 Å². The molecule has 2 unspecified atom stereocenters. The molecule has 4 nitrogen and oxygen atoms in total. The molecule has 2 bridgehead atoms. The van der Waals surface area contributed by atoms with Crippen molar-refractivity contribution in [1.82, 2.24) is 5.32 Å². The molecule has 26 heavy (non-hydrogen) atoms. The van der Waals surface area contributed by atoms with Gasteiger partial charge < -0.3 is 15.8 Å². The SMILES string of the molecule is COc1ccc(CNC(=O)C2CC3CCCC(C2)C3N)c(C(F)(F)F)c1. The first-order valence-electron chi connectivity index (χ1n) is 9.07. The third-order valence-electron chi connectivity index (χ3n) is 5.86. The number of carbonyl (C=O) groups excluding carboxylic acids is 1. The number of ether oxygens (including phenoxy) is 1. The molecule has 0 radical (unpaired) electrons. The van der Waals surface area contributed by atoms with Gasteiger partial charge in [0.1, 0.15) is 5.75 Å². The van der Waals surface area contributed by atoms with Gasteiger partial charge >= 0.3 is 6.18 Å². The topological polar surface area (TPSA) is 64.3 Å². The van der Waals surface area contributed by atoms with Gasteiger partial charge in [-0.3, -0.25) is 4.79 Å². The first kappa shape index (κ1) is 19.0. The highest BCUT2D eigenvalue weighted by Crippen LogP contribution is 2.42. The van der Waals surface area contributed by atoms with Crippen LogP contribution in [0.15, 0.2) is 18.2 Å². The molecule has 2 atom stereocenters. The van der Waals surface area contributed by atoms with Crippen molar-refractivity contribution >= 4 is 5.91 Å². The van der Waals surface area contributed by atoms with E-state index in [2.05, 4.69) is 5.32 Å². The molecular formula is C19H25F3N2O2. The van der Waals surface area contributed by atoms with Crippen LogP contribution in [0.4, 0.5) is 13.2 Å². The number of halogens is 3. The summed E-state index contributed by atoms with van der Waals surface area (Å²) in [7, 11) is 1.32. The van der Waals surface area contributed by atoms with Crippen molar-refractivity contribution < 1.29 is 22.7 Å². The van der Waals surface area contributed by atoms with Gasteiger partial charge in [-0.2, -0.15) is 13.2 Å². The van der Waals surface area contributed by atoms with Crippen LogP contribution < -0.4 is 15.8 Å². The minimum absolute atomic E-state index is 0.0411. The van der Waals surface area contributed by atoms with Gasteiger partial charge in [-0.25, -0.2) is 0 Å². The third kappa shape index (κ3) is 3.98. The number of amides is 1. The van der Waals surface area contributed by atoms with Crippen molar-refractivity contribution in [3.8, 4) is 5.75 Å². The monoisotopic (exact) mass is 370 g/mol. The van der Waals surface area contributed by atoms with Crippen LogP contribution in [0.3, 0.4) is 0 Å². The van der Waals surface area contributed by atoms with E-state index in [1.807, 2.05) is 0 Å². The van der Waals surface area contributed by atoms with Crippen LogP contribution in [0.25, 0.3) is 0 Å². The number of nitrogens with one attached hydrogen (secondary N) is 1. The van der Waals surface area contributed by atoms with Crippen molar-refractivity contribution in [3.63, 3.8) is 0 Å². The molecule has 1 aromatic rings. The van der Waals surface area contributed by atoms with E-state index in [9.17, 15) is 18.0 Å². The Hall–Kier alpha value is -1.76. The molecule has 2 aliphatic rings. The van der Waals surface area contributed by atoms with E-state index in [1.165, 1.54) is 19.2 Å². The third-order valence-corrected chi connectivity index (χ3v) is 5.86. The molecule has 0 heterocycles. The van der Waals surface area contributed by atoms with E-state index < -0.39 is 11.7 Å². The van der Waals surface area contributed by atoms with Crippen molar-refractivity contribution in [1.29, 1.82) is 0 Å². The zero-order valence-electron chi connectivity index (χ0n) is 14.8. The highest BCUT2D eigenvalue weighted by molar-refractivity contribution is 5.78. The lowest BCUT2D eigenvalue weighted by molar-refractivity contribution is -0.138. The van der Waals surface area contributed by atoms with E-state index in [1.54, 1.807) is 0 Å². The Labute approximate surface area is 151 Å². The number of nitrogens with two attached hydrogens (primary N) is 1. The predicted molar refractivity (Wildman–Crippen MR) is 91.4 cm³/mol. The highest BCUT2D eigenvalue weighted by atomic mass is 19.4. The Morgan fingerprint density at radius 1 is 1.27 bits per heavy atom. The normalized spacial score (nSPS) is 28.5. The molecule has 3 N–H and O–H groups in total. The summed E-state index contributed by atoms with van der Waals surface area (Å²) in [5.74, 6) is 0.520. The fourth-order valence-corrected chi connectivity index (χ4v) is 4.43. The van der Waals surface area contributed by atoms with E-state index in [4.69, 9.17) is 10.5 Å². The molecule has 2 saturated carbocycles. The molecule has 0 aromatic heterocycles. The Morgan fingerprint density at radius 2 is 1.92 bits per heavy atom. The first-order valence-corrected chi connectivity index (χ1v) is 9.07. The largest absolute Gasteiger partial charge is 0.497 e. The summed E-state index contributed by atoms with van der Waals surface area (Å²) < 4.78 is 44.7. The lowest BCUT2D eigenvalue weighted by Gasteiger charge is -2.43. The van der Waals surface area contributed by atoms with E-state index in [0.29, 0.717) is 11.8 Å². The number of hydrogen-bond acceptors (Lipinski definition) is 3. The fraction of sp³-hybridized carbons (Fsp3) is 0.632. The fourth-order valence-electron chi connectivity index (χ4n) is 4.43. The summed E-state index contributed by atoms with van der Waals surface area (Å²) in [5, 5.41) is 2.70. The zero-order chi connectivity index (χ0) is 18.9. The average molecular weight is 370 g/mol. The second-order valence-corrected chi connectivity index (χ2v) is 7.44. The number of rotatable bonds is 4. The van der Waals surface area contributed by atoms with Crippen LogP contribution in [0, 0.1) is 17.8 Å². The Balaban J connectivity index is 1.66. The molecule has 144 valence electrons. The summed E-state index contributed by atoms with van der Waals surface area (Å²) in [4.78, 5) is 12.5. The molecule has 1 aromatic carbocycles.